The molecule has 1 saturated heterocycles. The fourth-order valence-corrected chi connectivity index (χ4v) is 4.60. The summed E-state index contributed by atoms with van der Waals surface area (Å²) in [5.74, 6) is -1.14. The van der Waals surface area contributed by atoms with Gasteiger partial charge in [0.25, 0.3) is 11.8 Å². The van der Waals surface area contributed by atoms with Crippen molar-refractivity contribution < 1.29 is 27.9 Å². The van der Waals surface area contributed by atoms with Gasteiger partial charge in [0.15, 0.2) is 0 Å². The molecule has 0 spiro atoms. The minimum Gasteiger partial charge on any atom is -0.396 e. The highest BCUT2D eigenvalue weighted by molar-refractivity contribution is 6.45. The summed E-state index contributed by atoms with van der Waals surface area (Å²) in [6.45, 7) is 4.75. The Kier molecular flexibility index (Phi) is 6.05. The number of halogens is 3. The summed E-state index contributed by atoms with van der Waals surface area (Å²) in [4.78, 5) is 30.0. The van der Waals surface area contributed by atoms with Crippen LogP contribution in [0.3, 0.4) is 0 Å². The number of aliphatic hydroxyl groups excluding tert-OH is 1. The van der Waals surface area contributed by atoms with Gasteiger partial charge < -0.3 is 10.0 Å². The number of piperidine rings is 1. The van der Waals surface area contributed by atoms with E-state index in [1.54, 1.807) is 6.07 Å². The third kappa shape index (κ3) is 4.27. The monoisotopic (exact) mass is 458 g/mol. The average molecular weight is 458 g/mol. The maximum atomic E-state index is 13.6. The van der Waals surface area contributed by atoms with E-state index in [2.05, 4.69) is 0 Å². The number of hydrogen-bond donors (Lipinski definition) is 1. The summed E-state index contributed by atoms with van der Waals surface area (Å²) in [5, 5.41) is 9.65. The van der Waals surface area contributed by atoms with E-state index in [1.807, 2.05) is 30.9 Å². The van der Waals surface area contributed by atoms with Crippen molar-refractivity contribution in [3.05, 3.63) is 70.4 Å². The lowest BCUT2D eigenvalue weighted by Crippen LogP contribution is -2.40. The molecule has 1 N–H and O–H groups in total. The van der Waals surface area contributed by atoms with E-state index in [4.69, 9.17) is 0 Å². The molecule has 1 unspecified atom stereocenters. The van der Waals surface area contributed by atoms with Crippen LogP contribution in [0.4, 0.5) is 18.9 Å². The number of likely N-dealkylation sites (tertiary alicyclic amines) is 1. The van der Waals surface area contributed by atoms with Crippen LogP contribution in [0.5, 0.6) is 0 Å². The molecular weight excluding hydrogens is 433 g/mol. The molecule has 5 nitrogen and oxygen atoms in total. The summed E-state index contributed by atoms with van der Waals surface area (Å²) < 4.78 is 39.0. The number of alkyl halides is 3. The second kappa shape index (κ2) is 8.67. The molecule has 1 fully saturated rings. The Hall–Kier alpha value is -3.13. The average Bonchev–Trinajstić information content (AvgIpc) is 3.03. The summed E-state index contributed by atoms with van der Waals surface area (Å²) in [6.07, 6.45) is -2.93. The number of rotatable bonds is 4. The number of imide groups is 1. The van der Waals surface area contributed by atoms with Crippen LogP contribution in [0.25, 0.3) is 5.57 Å². The van der Waals surface area contributed by atoms with Gasteiger partial charge in [-0.2, -0.15) is 13.2 Å². The Labute approximate surface area is 190 Å². The Morgan fingerprint density at radius 3 is 2.33 bits per heavy atom. The van der Waals surface area contributed by atoms with E-state index >= 15 is 0 Å². The van der Waals surface area contributed by atoms with E-state index in [0.29, 0.717) is 18.7 Å². The molecule has 2 heterocycles. The summed E-state index contributed by atoms with van der Waals surface area (Å²) in [5.41, 5.74) is 2.18. The number of amides is 2. The van der Waals surface area contributed by atoms with E-state index < -0.39 is 23.6 Å². The number of aryl methyl sites for hydroxylation is 2. The largest absolute Gasteiger partial charge is 0.416 e. The van der Waals surface area contributed by atoms with Gasteiger partial charge in [0.05, 0.1) is 16.8 Å². The molecule has 0 radical (unpaired) electrons. The van der Waals surface area contributed by atoms with Crippen LogP contribution >= 0.6 is 0 Å². The van der Waals surface area contributed by atoms with Gasteiger partial charge in [-0.15, -0.1) is 0 Å². The van der Waals surface area contributed by atoms with Crippen molar-refractivity contribution >= 4 is 23.1 Å². The molecule has 0 aromatic heterocycles. The van der Waals surface area contributed by atoms with Crippen LogP contribution in [0.1, 0.15) is 35.1 Å². The second-order valence-electron chi connectivity index (χ2n) is 8.67. The second-order valence-corrected chi connectivity index (χ2v) is 8.67. The molecule has 4 rings (SSSR count). The first-order valence-electron chi connectivity index (χ1n) is 10.9. The van der Waals surface area contributed by atoms with Crippen LogP contribution in [-0.2, 0) is 15.8 Å². The normalized spacial score (nSPS) is 19.6. The van der Waals surface area contributed by atoms with Gasteiger partial charge in [-0.05, 0) is 68.0 Å². The molecule has 2 aromatic carbocycles. The number of hydrogen-bond acceptors (Lipinski definition) is 4. The van der Waals surface area contributed by atoms with E-state index in [1.165, 1.54) is 0 Å². The molecule has 8 heteroatoms. The van der Waals surface area contributed by atoms with Crippen molar-refractivity contribution in [1.29, 1.82) is 0 Å². The molecule has 2 aliphatic heterocycles. The van der Waals surface area contributed by atoms with Gasteiger partial charge in [0.1, 0.15) is 5.70 Å². The predicted octanol–water partition coefficient (Wildman–Crippen LogP) is 4.31. The molecular formula is C25H25F3N2O3. The Morgan fingerprint density at radius 2 is 1.73 bits per heavy atom. The molecule has 0 aliphatic carbocycles. The topological polar surface area (TPSA) is 60.9 Å². The Morgan fingerprint density at radius 1 is 1.03 bits per heavy atom. The van der Waals surface area contributed by atoms with Gasteiger partial charge in [0.2, 0.25) is 0 Å². The zero-order chi connectivity index (χ0) is 23.9. The van der Waals surface area contributed by atoms with Crippen LogP contribution in [0.2, 0.25) is 0 Å². The van der Waals surface area contributed by atoms with Crippen molar-refractivity contribution in [3.8, 4) is 0 Å². The summed E-state index contributed by atoms with van der Waals surface area (Å²) in [6, 6.07) is 9.61. The fraction of sp³-hybridized carbons (Fsp3) is 0.360. The van der Waals surface area contributed by atoms with Crippen molar-refractivity contribution in [2.75, 3.05) is 24.6 Å². The lowest BCUT2D eigenvalue weighted by atomic mass is 9.95. The fourth-order valence-electron chi connectivity index (χ4n) is 4.60. The highest BCUT2D eigenvalue weighted by atomic mass is 19.4. The minimum absolute atomic E-state index is 0.0189. The lowest BCUT2D eigenvalue weighted by Gasteiger charge is -2.34. The van der Waals surface area contributed by atoms with Crippen LogP contribution in [-0.4, -0.2) is 41.5 Å². The number of nitrogens with zero attached hydrogens (tertiary/aromatic N) is 2. The number of carbonyl (C=O) groups is 2. The zero-order valence-electron chi connectivity index (χ0n) is 18.4. The molecule has 174 valence electrons. The first kappa shape index (κ1) is 23.0. The standard InChI is InChI=1S/C25H25F3N2O3/c1-15-5-10-20(16(2)12-15)21-22(29-11-3-4-17(13-29)14-31)24(33)30(23(21)32)19-8-6-18(7-9-19)25(26,27)28/h5-10,12,17,31H,3-4,11,13-14H2,1-2H3. The van der Waals surface area contributed by atoms with Gasteiger partial charge >= 0.3 is 6.18 Å². The number of carbonyl (C=O) groups excluding carboxylic acids is 2. The molecule has 2 aromatic rings. The number of benzene rings is 2. The zero-order valence-corrected chi connectivity index (χ0v) is 18.4. The molecule has 33 heavy (non-hydrogen) atoms. The van der Waals surface area contributed by atoms with Crippen molar-refractivity contribution in [2.24, 2.45) is 5.92 Å². The lowest BCUT2D eigenvalue weighted by molar-refractivity contribution is -0.137. The van der Waals surface area contributed by atoms with E-state index in [-0.39, 0.29) is 29.5 Å². The Bertz CT molecular complexity index is 1120. The Balaban J connectivity index is 1.80. The van der Waals surface area contributed by atoms with Gasteiger partial charge in [-0.1, -0.05) is 23.8 Å². The van der Waals surface area contributed by atoms with Crippen LogP contribution < -0.4 is 4.90 Å². The van der Waals surface area contributed by atoms with Gasteiger partial charge in [-0.3, -0.25) is 9.59 Å². The van der Waals surface area contributed by atoms with Gasteiger partial charge in [-0.25, -0.2) is 4.90 Å². The number of aliphatic hydroxyl groups is 1. The minimum atomic E-state index is -4.52. The maximum Gasteiger partial charge on any atom is 0.416 e. The highest BCUT2D eigenvalue weighted by Gasteiger charge is 2.44. The third-order valence-corrected chi connectivity index (χ3v) is 6.26. The van der Waals surface area contributed by atoms with E-state index in [9.17, 15) is 27.9 Å². The predicted molar refractivity (Wildman–Crippen MR) is 118 cm³/mol. The summed E-state index contributed by atoms with van der Waals surface area (Å²) in [7, 11) is 0. The molecule has 0 saturated carbocycles. The maximum absolute atomic E-state index is 13.6. The summed E-state index contributed by atoms with van der Waals surface area (Å²) >= 11 is 0. The number of anilines is 1. The molecule has 2 aliphatic rings. The highest BCUT2D eigenvalue weighted by Crippen LogP contribution is 2.38. The molecule has 1 atom stereocenters. The quantitative estimate of drug-likeness (QED) is 0.694. The molecule has 2 amide bonds. The first-order valence-corrected chi connectivity index (χ1v) is 10.9. The van der Waals surface area contributed by atoms with Crippen molar-refractivity contribution in [3.63, 3.8) is 0 Å². The SMILES string of the molecule is Cc1ccc(C2=C(N3CCCC(CO)C3)C(=O)N(c3ccc(C(F)(F)F)cc3)C2=O)c(C)c1. The van der Waals surface area contributed by atoms with E-state index in [0.717, 1.165) is 53.1 Å². The first-order chi connectivity index (χ1) is 15.6. The van der Waals surface area contributed by atoms with Gasteiger partial charge in [0, 0.05) is 19.7 Å². The van der Waals surface area contributed by atoms with Crippen LogP contribution in [0.15, 0.2) is 48.2 Å². The van der Waals surface area contributed by atoms with Crippen molar-refractivity contribution in [1.82, 2.24) is 4.90 Å². The third-order valence-electron chi connectivity index (χ3n) is 6.26. The van der Waals surface area contributed by atoms with Crippen molar-refractivity contribution in [2.45, 2.75) is 32.9 Å². The van der Waals surface area contributed by atoms with Crippen LogP contribution in [0, 0.1) is 19.8 Å². The molecule has 0 bridgehead atoms. The smallest absolute Gasteiger partial charge is 0.396 e.